The summed E-state index contributed by atoms with van der Waals surface area (Å²) in [6, 6.07) is 6.09. The number of aryl methyl sites for hydroxylation is 2. The molecule has 1 amide bonds. The van der Waals surface area contributed by atoms with Gasteiger partial charge < -0.3 is 5.32 Å². The van der Waals surface area contributed by atoms with Gasteiger partial charge in [0, 0.05) is 16.9 Å². The molecule has 134 valence electrons. The van der Waals surface area contributed by atoms with E-state index in [1.165, 1.54) is 17.4 Å². The first kappa shape index (κ1) is 17.1. The van der Waals surface area contributed by atoms with Crippen molar-refractivity contribution in [2.45, 2.75) is 45.6 Å². The standard InChI is InChI=1S/C20H20FN3OS/c1-10-16-12(3)22-18(13-8-9-13)24-20(16)26-17(10)19(25)23-11(2)14-6-4-5-7-15(14)21/h4-7,11,13H,8-9H2,1-3H3,(H,23,25). The number of halogens is 1. The second-order valence-electron chi connectivity index (χ2n) is 6.89. The van der Waals surface area contributed by atoms with Crippen molar-refractivity contribution < 1.29 is 9.18 Å². The monoisotopic (exact) mass is 369 g/mol. The maximum absolute atomic E-state index is 14.0. The molecule has 1 atom stereocenters. The van der Waals surface area contributed by atoms with Crippen LogP contribution in [0.4, 0.5) is 4.39 Å². The molecular formula is C20H20FN3OS. The molecule has 0 bridgehead atoms. The van der Waals surface area contributed by atoms with Gasteiger partial charge in [-0.3, -0.25) is 4.79 Å². The zero-order valence-corrected chi connectivity index (χ0v) is 15.8. The Balaban J connectivity index is 1.65. The van der Waals surface area contributed by atoms with Gasteiger partial charge in [0.15, 0.2) is 0 Å². The molecule has 1 aromatic carbocycles. The Kier molecular flexibility index (Phi) is 4.23. The van der Waals surface area contributed by atoms with Crippen LogP contribution in [0.15, 0.2) is 24.3 Å². The first-order valence-corrected chi connectivity index (χ1v) is 9.60. The predicted octanol–water partition coefficient (Wildman–Crippen LogP) is 4.82. The van der Waals surface area contributed by atoms with Crippen molar-refractivity contribution in [3.63, 3.8) is 0 Å². The van der Waals surface area contributed by atoms with Gasteiger partial charge in [0.2, 0.25) is 0 Å². The number of thiophene rings is 1. The van der Waals surface area contributed by atoms with E-state index in [1.807, 2.05) is 13.8 Å². The molecule has 26 heavy (non-hydrogen) atoms. The van der Waals surface area contributed by atoms with E-state index in [-0.39, 0.29) is 11.7 Å². The molecule has 4 rings (SSSR count). The van der Waals surface area contributed by atoms with Gasteiger partial charge >= 0.3 is 0 Å². The summed E-state index contributed by atoms with van der Waals surface area (Å²) in [6.45, 7) is 5.68. The minimum Gasteiger partial charge on any atom is -0.345 e. The van der Waals surface area contributed by atoms with Crippen LogP contribution in [0.1, 0.15) is 64.0 Å². The highest BCUT2D eigenvalue weighted by Crippen LogP contribution is 2.40. The lowest BCUT2D eigenvalue weighted by Gasteiger charge is -2.14. The first-order valence-electron chi connectivity index (χ1n) is 8.78. The van der Waals surface area contributed by atoms with E-state index in [1.54, 1.807) is 25.1 Å². The summed E-state index contributed by atoms with van der Waals surface area (Å²) < 4.78 is 14.0. The van der Waals surface area contributed by atoms with E-state index in [4.69, 9.17) is 0 Å². The Bertz CT molecular complexity index is 1010. The number of nitrogens with zero attached hydrogens (tertiary/aromatic N) is 2. The second-order valence-corrected chi connectivity index (χ2v) is 7.89. The van der Waals surface area contributed by atoms with Gasteiger partial charge in [-0.05, 0) is 45.2 Å². The molecule has 0 aliphatic heterocycles. The SMILES string of the molecule is Cc1nc(C2CC2)nc2sc(C(=O)NC(C)c3ccccc3F)c(C)c12. The molecule has 1 aliphatic rings. The summed E-state index contributed by atoms with van der Waals surface area (Å²) in [5, 5.41) is 3.87. The molecule has 1 fully saturated rings. The minimum absolute atomic E-state index is 0.200. The fourth-order valence-electron chi connectivity index (χ4n) is 3.27. The minimum atomic E-state index is -0.414. The van der Waals surface area contributed by atoms with E-state index in [2.05, 4.69) is 15.3 Å². The van der Waals surface area contributed by atoms with E-state index in [0.717, 1.165) is 40.1 Å². The Morgan fingerprint density at radius 2 is 2.00 bits per heavy atom. The fraction of sp³-hybridized carbons (Fsp3) is 0.350. The zero-order chi connectivity index (χ0) is 18.4. The van der Waals surface area contributed by atoms with Crippen LogP contribution in [0.2, 0.25) is 0 Å². The van der Waals surface area contributed by atoms with Crippen molar-refractivity contribution >= 4 is 27.5 Å². The third-order valence-electron chi connectivity index (χ3n) is 4.86. The molecule has 6 heteroatoms. The largest absolute Gasteiger partial charge is 0.345 e. The number of aromatic nitrogens is 2. The molecule has 1 aliphatic carbocycles. The van der Waals surface area contributed by atoms with Crippen molar-refractivity contribution in [2.24, 2.45) is 0 Å². The lowest BCUT2D eigenvalue weighted by molar-refractivity contribution is 0.0943. The lowest BCUT2D eigenvalue weighted by atomic mass is 10.1. The van der Waals surface area contributed by atoms with Crippen LogP contribution in [-0.2, 0) is 0 Å². The molecule has 3 aromatic rings. The van der Waals surface area contributed by atoms with Crippen molar-refractivity contribution in [3.8, 4) is 0 Å². The van der Waals surface area contributed by atoms with Gasteiger partial charge in [-0.15, -0.1) is 11.3 Å². The normalized spacial score (nSPS) is 15.2. The Labute approximate surface area is 155 Å². The molecule has 1 unspecified atom stereocenters. The molecule has 2 heterocycles. The summed E-state index contributed by atoms with van der Waals surface area (Å²) in [7, 11) is 0. The third kappa shape index (κ3) is 2.98. The average molecular weight is 369 g/mol. The molecule has 4 nitrogen and oxygen atoms in total. The van der Waals surface area contributed by atoms with E-state index in [0.29, 0.717) is 16.4 Å². The third-order valence-corrected chi connectivity index (χ3v) is 6.04. The van der Waals surface area contributed by atoms with Crippen LogP contribution in [0.5, 0.6) is 0 Å². The van der Waals surface area contributed by atoms with Crippen LogP contribution in [0.3, 0.4) is 0 Å². The molecule has 1 saturated carbocycles. The Morgan fingerprint density at radius 3 is 2.69 bits per heavy atom. The van der Waals surface area contributed by atoms with Crippen molar-refractivity contribution in [1.82, 2.24) is 15.3 Å². The Hall–Kier alpha value is -2.34. The maximum Gasteiger partial charge on any atom is 0.262 e. The highest BCUT2D eigenvalue weighted by atomic mass is 32.1. The van der Waals surface area contributed by atoms with Gasteiger partial charge in [-0.1, -0.05) is 18.2 Å². The smallest absolute Gasteiger partial charge is 0.262 e. The number of carbonyl (C=O) groups is 1. The summed E-state index contributed by atoms with van der Waals surface area (Å²) in [6.07, 6.45) is 2.28. The number of benzene rings is 1. The lowest BCUT2D eigenvalue weighted by Crippen LogP contribution is -2.27. The highest BCUT2D eigenvalue weighted by Gasteiger charge is 2.28. The van der Waals surface area contributed by atoms with Crippen molar-refractivity contribution in [3.05, 3.63) is 57.6 Å². The second kappa shape index (κ2) is 6.43. The topological polar surface area (TPSA) is 54.9 Å². The molecule has 1 N–H and O–H groups in total. The number of hydrogen-bond acceptors (Lipinski definition) is 4. The highest BCUT2D eigenvalue weighted by molar-refractivity contribution is 7.20. The first-order chi connectivity index (χ1) is 12.5. The van der Waals surface area contributed by atoms with Gasteiger partial charge in [-0.25, -0.2) is 14.4 Å². The van der Waals surface area contributed by atoms with Crippen LogP contribution < -0.4 is 5.32 Å². The van der Waals surface area contributed by atoms with Crippen LogP contribution in [-0.4, -0.2) is 15.9 Å². The summed E-state index contributed by atoms with van der Waals surface area (Å²) in [5.74, 6) is 0.847. The molecule has 0 saturated heterocycles. The van der Waals surface area contributed by atoms with Crippen LogP contribution in [0, 0.1) is 19.7 Å². The zero-order valence-electron chi connectivity index (χ0n) is 15.0. The quantitative estimate of drug-likeness (QED) is 0.718. The maximum atomic E-state index is 14.0. The molecule has 2 aromatic heterocycles. The number of hydrogen-bond donors (Lipinski definition) is 1. The predicted molar refractivity (Wildman–Crippen MR) is 101 cm³/mol. The summed E-state index contributed by atoms with van der Waals surface area (Å²) >= 11 is 1.39. The number of rotatable bonds is 4. The van der Waals surface area contributed by atoms with Crippen molar-refractivity contribution in [1.29, 1.82) is 0 Å². The number of carbonyl (C=O) groups excluding carboxylic acids is 1. The van der Waals surface area contributed by atoms with E-state index >= 15 is 0 Å². The van der Waals surface area contributed by atoms with Gasteiger partial charge in [0.05, 0.1) is 16.6 Å². The molecule has 0 radical (unpaired) electrons. The number of nitrogens with one attached hydrogen (secondary N) is 1. The molecule has 0 spiro atoms. The fourth-order valence-corrected chi connectivity index (χ4v) is 4.41. The van der Waals surface area contributed by atoms with E-state index in [9.17, 15) is 9.18 Å². The van der Waals surface area contributed by atoms with Gasteiger partial charge in [-0.2, -0.15) is 0 Å². The number of amides is 1. The van der Waals surface area contributed by atoms with Crippen LogP contribution in [0.25, 0.3) is 10.2 Å². The number of fused-ring (bicyclic) bond motifs is 1. The van der Waals surface area contributed by atoms with E-state index < -0.39 is 6.04 Å². The summed E-state index contributed by atoms with van der Waals surface area (Å²) in [5.41, 5.74) is 2.29. The Morgan fingerprint density at radius 1 is 1.27 bits per heavy atom. The van der Waals surface area contributed by atoms with Gasteiger partial charge in [0.25, 0.3) is 5.91 Å². The van der Waals surface area contributed by atoms with Gasteiger partial charge in [0.1, 0.15) is 16.5 Å². The van der Waals surface area contributed by atoms with Crippen LogP contribution >= 0.6 is 11.3 Å². The average Bonchev–Trinajstić information content (AvgIpc) is 3.39. The summed E-state index contributed by atoms with van der Waals surface area (Å²) in [4.78, 5) is 23.6. The molecular weight excluding hydrogens is 349 g/mol. The van der Waals surface area contributed by atoms with Crippen molar-refractivity contribution in [2.75, 3.05) is 0 Å².